The predicted molar refractivity (Wildman–Crippen MR) is 132 cm³/mol. The number of hydrogen-bond acceptors (Lipinski definition) is 5. The Balaban J connectivity index is 1.41. The van der Waals surface area contributed by atoms with Crippen molar-refractivity contribution in [1.82, 2.24) is 4.98 Å². The Hall–Kier alpha value is -3.03. The second kappa shape index (κ2) is 10.5. The van der Waals surface area contributed by atoms with Gasteiger partial charge in [-0.05, 0) is 43.2 Å². The number of nitrogens with one attached hydrogen (secondary N) is 1. The summed E-state index contributed by atoms with van der Waals surface area (Å²) in [6.45, 7) is 0.669. The Bertz CT molecular complexity index is 1220. The molecule has 0 fully saturated rings. The molecule has 3 aromatic carbocycles. The smallest absolute Gasteiger partial charge is 0.257 e. The van der Waals surface area contributed by atoms with Crippen LogP contribution >= 0.6 is 27.3 Å². The predicted octanol–water partition coefficient (Wildman–Crippen LogP) is 6.33. The van der Waals surface area contributed by atoms with E-state index in [0.29, 0.717) is 28.4 Å². The van der Waals surface area contributed by atoms with Crippen LogP contribution in [0.15, 0.2) is 72.8 Å². The molecule has 0 spiro atoms. The minimum Gasteiger partial charge on any atom is -0.494 e. The molecular weight excluding hydrogens is 488 g/mol. The molecule has 1 heterocycles. The van der Waals surface area contributed by atoms with E-state index < -0.39 is 0 Å². The van der Waals surface area contributed by atoms with Crippen molar-refractivity contribution in [2.24, 2.45) is 0 Å². The normalized spacial score (nSPS) is 10.8. The first-order valence-electron chi connectivity index (χ1n) is 10.2. The van der Waals surface area contributed by atoms with Gasteiger partial charge >= 0.3 is 0 Å². The zero-order valence-electron chi connectivity index (χ0n) is 17.2. The molecule has 4 aromatic rings. The zero-order chi connectivity index (χ0) is 22.3. The highest BCUT2D eigenvalue weighted by molar-refractivity contribution is 9.09. The van der Waals surface area contributed by atoms with Crippen LogP contribution in [-0.4, -0.2) is 28.6 Å². The summed E-state index contributed by atoms with van der Waals surface area (Å²) >= 11 is 4.81. The first kappa shape index (κ1) is 22.2. The quantitative estimate of drug-likeness (QED) is 0.163. The van der Waals surface area contributed by atoms with Gasteiger partial charge in [-0.2, -0.15) is 0 Å². The van der Waals surface area contributed by atoms with Gasteiger partial charge in [-0.1, -0.05) is 69.7 Å². The number of nitrogens with zero attached hydrogens (tertiary/aromatic N) is 1. The summed E-state index contributed by atoms with van der Waals surface area (Å²) in [6, 6.07) is 21.4. The second-order valence-corrected chi connectivity index (χ2v) is 8.94. The Morgan fingerprint density at radius 1 is 0.906 bits per heavy atom. The molecular formula is C25H21BrN2O3S. The molecule has 0 unspecified atom stereocenters. The summed E-state index contributed by atoms with van der Waals surface area (Å²) in [7, 11) is 0. The van der Waals surface area contributed by atoms with Crippen molar-refractivity contribution in [2.75, 3.05) is 17.3 Å². The monoisotopic (exact) mass is 508 g/mol. The molecule has 0 bridgehead atoms. The van der Waals surface area contributed by atoms with Crippen molar-refractivity contribution < 1.29 is 14.3 Å². The minimum absolute atomic E-state index is 0.0750. The number of unbranched alkanes of at least 4 members (excludes halogenated alkanes) is 1. The van der Waals surface area contributed by atoms with Crippen molar-refractivity contribution in [3.8, 4) is 5.75 Å². The van der Waals surface area contributed by atoms with Gasteiger partial charge in [-0.15, -0.1) is 0 Å². The number of rotatable bonds is 9. The van der Waals surface area contributed by atoms with Gasteiger partial charge in [0.15, 0.2) is 10.9 Å². The molecule has 0 aliphatic rings. The first-order valence-corrected chi connectivity index (χ1v) is 12.2. The maximum Gasteiger partial charge on any atom is 0.257 e. The van der Waals surface area contributed by atoms with Gasteiger partial charge in [-0.25, -0.2) is 4.98 Å². The number of carbonyl (C=O) groups is 2. The number of benzene rings is 3. The van der Waals surface area contributed by atoms with Gasteiger partial charge in [0.25, 0.3) is 5.91 Å². The maximum absolute atomic E-state index is 12.7. The number of fused-ring (bicyclic) bond motifs is 1. The highest BCUT2D eigenvalue weighted by Crippen LogP contribution is 2.29. The SMILES string of the molecule is O=C(Nc1nc2ccc(OCCCCBr)cc2s1)c1ccc(C(=O)c2ccccc2)cc1. The van der Waals surface area contributed by atoms with Gasteiger partial charge in [0.05, 0.1) is 16.8 Å². The molecule has 32 heavy (non-hydrogen) atoms. The molecule has 7 heteroatoms. The van der Waals surface area contributed by atoms with Crippen LogP contribution in [0, 0.1) is 0 Å². The van der Waals surface area contributed by atoms with Crippen LogP contribution in [0.3, 0.4) is 0 Å². The molecule has 1 aromatic heterocycles. The van der Waals surface area contributed by atoms with E-state index in [4.69, 9.17) is 4.74 Å². The van der Waals surface area contributed by atoms with Crippen LogP contribution in [-0.2, 0) is 0 Å². The molecule has 0 aliphatic carbocycles. The number of ether oxygens (including phenoxy) is 1. The van der Waals surface area contributed by atoms with Crippen molar-refractivity contribution >= 4 is 54.3 Å². The summed E-state index contributed by atoms with van der Waals surface area (Å²) in [4.78, 5) is 29.7. The fourth-order valence-corrected chi connectivity index (χ4v) is 4.42. The number of thiazole rings is 1. The number of halogens is 1. The largest absolute Gasteiger partial charge is 0.494 e. The molecule has 0 atom stereocenters. The lowest BCUT2D eigenvalue weighted by atomic mass is 10.0. The lowest BCUT2D eigenvalue weighted by molar-refractivity contribution is 0.102. The van der Waals surface area contributed by atoms with E-state index in [9.17, 15) is 9.59 Å². The van der Waals surface area contributed by atoms with E-state index in [-0.39, 0.29) is 11.7 Å². The number of anilines is 1. The molecule has 0 aliphatic heterocycles. The fraction of sp³-hybridized carbons (Fsp3) is 0.160. The molecule has 162 valence electrons. The molecule has 1 N–H and O–H groups in total. The van der Waals surface area contributed by atoms with Crippen LogP contribution < -0.4 is 10.1 Å². The highest BCUT2D eigenvalue weighted by Gasteiger charge is 2.13. The van der Waals surface area contributed by atoms with Gasteiger partial charge in [0.2, 0.25) is 0 Å². The van der Waals surface area contributed by atoms with E-state index in [2.05, 4.69) is 26.2 Å². The zero-order valence-corrected chi connectivity index (χ0v) is 19.6. The number of hydrogen-bond donors (Lipinski definition) is 1. The Morgan fingerprint density at radius 3 is 2.38 bits per heavy atom. The van der Waals surface area contributed by atoms with E-state index in [1.807, 2.05) is 36.4 Å². The number of carbonyl (C=O) groups excluding carboxylic acids is 2. The van der Waals surface area contributed by atoms with Crippen molar-refractivity contribution in [1.29, 1.82) is 0 Å². The third-order valence-electron chi connectivity index (χ3n) is 4.82. The lowest BCUT2D eigenvalue weighted by Gasteiger charge is -2.04. The summed E-state index contributed by atoms with van der Waals surface area (Å²) in [5.41, 5.74) is 2.42. The van der Waals surface area contributed by atoms with Gasteiger partial charge in [0.1, 0.15) is 5.75 Å². The third-order valence-corrected chi connectivity index (χ3v) is 6.32. The summed E-state index contributed by atoms with van der Waals surface area (Å²) in [5.74, 6) is 0.454. The first-order chi connectivity index (χ1) is 15.6. The van der Waals surface area contributed by atoms with Gasteiger partial charge < -0.3 is 4.74 Å². The molecule has 5 nitrogen and oxygen atoms in total. The average molecular weight is 509 g/mol. The van der Waals surface area contributed by atoms with E-state index in [1.54, 1.807) is 36.4 Å². The Morgan fingerprint density at radius 2 is 1.62 bits per heavy atom. The fourth-order valence-electron chi connectivity index (χ4n) is 3.13. The second-order valence-electron chi connectivity index (χ2n) is 7.12. The van der Waals surface area contributed by atoms with Crippen LogP contribution in [0.5, 0.6) is 5.75 Å². The Kier molecular flexibility index (Phi) is 7.29. The number of alkyl halides is 1. The van der Waals surface area contributed by atoms with Crippen LogP contribution in [0.2, 0.25) is 0 Å². The lowest BCUT2D eigenvalue weighted by Crippen LogP contribution is -2.12. The van der Waals surface area contributed by atoms with Gasteiger partial charge in [0, 0.05) is 22.0 Å². The molecule has 4 rings (SSSR count). The number of amides is 1. The molecule has 0 saturated heterocycles. The maximum atomic E-state index is 12.7. The van der Waals surface area contributed by atoms with Crippen LogP contribution in [0.4, 0.5) is 5.13 Å². The van der Waals surface area contributed by atoms with E-state index >= 15 is 0 Å². The minimum atomic E-state index is -0.269. The van der Waals surface area contributed by atoms with E-state index in [0.717, 1.165) is 34.1 Å². The van der Waals surface area contributed by atoms with Crippen molar-refractivity contribution in [3.63, 3.8) is 0 Å². The summed E-state index contributed by atoms with van der Waals surface area (Å²) in [6.07, 6.45) is 2.06. The molecule has 0 saturated carbocycles. The van der Waals surface area contributed by atoms with Crippen molar-refractivity contribution in [2.45, 2.75) is 12.8 Å². The third kappa shape index (κ3) is 5.41. The average Bonchev–Trinajstić information content (AvgIpc) is 3.23. The molecule has 0 radical (unpaired) electrons. The summed E-state index contributed by atoms with van der Waals surface area (Å²) in [5, 5.41) is 4.34. The number of aromatic nitrogens is 1. The highest BCUT2D eigenvalue weighted by atomic mass is 79.9. The summed E-state index contributed by atoms with van der Waals surface area (Å²) < 4.78 is 6.73. The van der Waals surface area contributed by atoms with Crippen LogP contribution in [0.25, 0.3) is 10.2 Å². The van der Waals surface area contributed by atoms with Crippen molar-refractivity contribution in [3.05, 3.63) is 89.5 Å². The number of ketones is 1. The van der Waals surface area contributed by atoms with E-state index in [1.165, 1.54) is 11.3 Å². The van der Waals surface area contributed by atoms with Gasteiger partial charge in [-0.3, -0.25) is 14.9 Å². The Labute approximate surface area is 198 Å². The van der Waals surface area contributed by atoms with Crippen LogP contribution in [0.1, 0.15) is 39.1 Å². The molecule has 1 amide bonds. The standard InChI is InChI=1S/C25H21BrN2O3S/c26-14-4-5-15-31-20-12-13-21-22(16-20)32-25(27-21)28-24(30)19-10-8-18(9-11-19)23(29)17-6-2-1-3-7-17/h1-3,6-13,16H,4-5,14-15H2,(H,27,28,30). The topological polar surface area (TPSA) is 68.3 Å².